The monoisotopic (exact) mass is 116 g/mol. The zero-order chi connectivity index (χ0) is 0. The van der Waals surface area contributed by atoms with Crippen LogP contribution in [0.2, 0.25) is 0 Å². The van der Waals surface area contributed by atoms with Gasteiger partial charge in [-0.1, -0.05) is 0 Å². The van der Waals surface area contributed by atoms with Crippen molar-refractivity contribution in [3.05, 3.63) is 0 Å². The van der Waals surface area contributed by atoms with Gasteiger partial charge in [0.15, 0.2) is 0 Å². The van der Waals surface area contributed by atoms with E-state index >= 15 is 0 Å². The summed E-state index contributed by atoms with van der Waals surface area (Å²) in [7, 11) is 0. The van der Waals surface area contributed by atoms with E-state index in [1.165, 1.54) is 0 Å². The topological polar surface area (TPSA) is 123 Å². The van der Waals surface area contributed by atoms with Crippen molar-refractivity contribution in [1.82, 2.24) is 0 Å². The Balaban J connectivity index is 0. The first kappa shape index (κ1) is 108. The molecule has 0 aliphatic heterocycles. The van der Waals surface area contributed by atoms with Crippen LogP contribution in [0.5, 0.6) is 0 Å². The molecule has 0 aliphatic carbocycles. The average molecular weight is 116 g/mol. The smallest absolute Gasteiger partial charge is 0.870 e. The molecular weight excluding hydrogens is 110 g/mol. The first-order valence-electron chi connectivity index (χ1n) is 0. The van der Waals surface area contributed by atoms with Crippen molar-refractivity contribution in [1.29, 1.82) is 0 Å². The minimum atomic E-state index is 0. The largest absolute Gasteiger partial charge is 1.00 e. The van der Waals surface area contributed by atoms with Crippen molar-refractivity contribution in [2.75, 3.05) is 0 Å². The molecule has 0 rings (SSSR count). The maximum absolute atomic E-state index is 0. The van der Waals surface area contributed by atoms with Crippen LogP contribution in [0, 0.1) is 0 Å². The molecule has 0 saturated carbocycles. The van der Waals surface area contributed by atoms with E-state index in [1.54, 1.807) is 0 Å². The van der Waals surface area contributed by atoms with Gasteiger partial charge in [0, 0.05) is 0 Å². The SMILES string of the molecule is O.O.[Na+].[Na+].[OH-].[OH-]. The Morgan fingerprint density at radius 3 is 0.500 bits per heavy atom. The molecule has 4 nitrogen and oxygen atoms in total. The van der Waals surface area contributed by atoms with E-state index in [1.807, 2.05) is 0 Å². The third-order valence-electron chi connectivity index (χ3n) is 0. The Bertz CT molecular complexity index is 5.51. The van der Waals surface area contributed by atoms with Gasteiger partial charge in [0.05, 0.1) is 0 Å². The first-order valence-corrected chi connectivity index (χ1v) is 0. The van der Waals surface area contributed by atoms with Crippen molar-refractivity contribution >= 4 is 0 Å². The summed E-state index contributed by atoms with van der Waals surface area (Å²) in [6.45, 7) is 0. The molecule has 0 fully saturated rings. The Morgan fingerprint density at radius 1 is 0.500 bits per heavy atom. The number of hydrogen-bond donors (Lipinski definition) is 0. The quantitative estimate of drug-likeness (QED) is 0.291. The predicted molar refractivity (Wildman–Crippen MR) is 11.1 cm³/mol. The molecule has 0 aromatic carbocycles. The van der Waals surface area contributed by atoms with Crippen LogP contribution in [0.25, 0.3) is 0 Å². The molecular formula is H6Na2O4. The normalized spacial score (nSPS) is 0. The molecule has 6 N–H and O–H groups in total. The van der Waals surface area contributed by atoms with Gasteiger partial charge in [-0.15, -0.1) is 0 Å². The zero-order valence-corrected chi connectivity index (χ0v) is 7.89. The van der Waals surface area contributed by atoms with Gasteiger partial charge >= 0.3 is 59.1 Å². The Kier molecular flexibility index (Phi) is 1240. The van der Waals surface area contributed by atoms with Crippen LogP contribution in [0.4, 0.5) is 0 Å². The van der Waals surface area contributed by atoms with Crippen molar-refractivity contribution in [3.63, 3.8) is 0 Å². The summed E-state index contributed by atoms with van der Waals surface area (Å²) in [6, 6.07) is 0. The molecule has 0 aromatic rings. The standard InChI is InChI=1S/2Na.4H2O/h;;4*1H2/q2*+1;;;;/p-2. The molecule has 0 atom stereocenters. The maximum Gasteiger partial charge on any atom is 1.00 e. The van der Waals surface area contributed by atoms with E-state index < -0.39 is 0 Å². The van der Waals surface area contributed by atoms with Crippen molar-refractivity contribution in [2.24, 2.45) is 0 Å². The van der Waals surface area contributed by atoms with E-state index in [0.717, 1.165) is 0 Å². The van der Waals surface area contributed by atoms with Crippen LogP contribution in [-0.4, -0.2) is 21.9 Å². The fraction of sp³-hybridized carbons (Fsp3) is 0. The van der Waals surface area contributed by atoms with Crippen molar-refractivity contribution < 1.29 is 81.0 Å². The molecule has 0 aromatic heterocycles. The van der Waals surface area contributed by atoms with Crippen LogP contribution in [-0.2, 0) is 0 Å². The zero-order valence-electron chi connectivity index (χ0n) is 3.89. The van der Waals surface area contributed by atoms with E-state index in [-0.39, 0.29) is 81.0 Å². The second kappa shape index (κ2) is 68.9. The van der Waals surface area contributed by atoms with Gasteiger partial charge in [0.1, 0.15) is 0 Å². The summed E-state index contributed by atoms with van der Waals surface area (Å²) < 4.78 is 0. The maximum atomic E-state index is 0. The van der Waals surface area contributed by atoms with Gasteiger partial charge in [0.25, 0.3) is 0 Å². The summed E-state index contributed by atoms with van der Waals surface area (Å²) in [5, 5.41) is 0. The van der Waals surface area contributed by atoms with Crippen LogP contribution >= 0.6 is 0 Å². The first-order chi connectivity index (χ1) is 0. The van der Waals surface area contributed by atoms with E-state index in [4.69, 9.17) is 0 Å². The van der Waals surface area contributed by atoms with Gasteiger partial charge in [-0.05, 0) is 0 Å². The molecule has 0 radical (unpaired) electrons. The minimum Gasteiger partial charge on any atom is -0.870 e. The third-order valence-corrected chi connectivity index (χ3v) is 0. The molecule has 0 bridgehead atoms. The predicted octanol–water partition coefficient (Wildman–Crippen LogP) is -7.99. The van der Waals surface area contributed by atoms with Crippen LogP contribution in [0.15, 0.2) is 0 Å². The molecule has 32 valence electrons. The molecule has 6 heteroatoms. The van der Waals surface area contributed by atoms with Gasteiger partial charge in [-0.3, -0.25) is 0 Å². The molecule has 0 heterocycles. The van der Waals surface area contributed by atoms with Gasteiger partial charge < -0.3 is 21.9 Å². The fourth-order valence-corrected chi connectivity index (χ4v) is 0. The molecule has 0 saturated heterocycles. The molecule has 0 unspecified atom stereocenters. The number of hydrogen-bond acceptors (Lipinski definition) is 2. The Hall–Kier alpha value is 1.84. The van der Waals surface area contributed by atoms with E-state index in [9.17, 15) is 0 Å². The molecule has 6 heavy (non-hydrogen) atoms. The molecule has 0 aliphatic rings. The van der Waals surface area contributed by atoms with Gasteiger partial charge in [-0.25, -0.2) is 0 Å². The average Bonchev–Trinajstić information content (AvgIpc) is 0. The Morgan fingerprint density at radius 2 is 0.500 bits per heavy atom. The van der Waals surface area contributed by atoms with Gasteiger partial charge in [-0.2, -0.15) is 0 Å². The van der Waals surface area contributed by atoms with Gasteiger partial charge in [0.2, 0.25) is 0 Å². The molecule has 0 amide bonds. The van der Waals surface area contributed by atoms with Crippen LogP contribution in [0.1, 0.15) is 0 Å². The summed E-state index contributed by atoms with van der Waals surface area (Å²) in [5.41, 5.74) is 0. The van der Waals surface area contributed by atoms with Crippen molar-refractivity contribution in [3.8, 4) is 0 Å². The fourth-order valence-electron chi connectivity index (χ4n) is 0. The van der Waals surface area contributed by atoms with E-state index in [2.05, 4.69) is 0 Å². The van der Waals surface area contributed by atoms with Crippen LogP contribution in [0.3, 0.4) is 0 Å². The second-order valence-electron chi connectivity index (χ2n) is 0. The van der Waals surface area contributed by atoms with Crippen molar-refractivity contribution in [2.45, 2.75) is 0 Å². The van der Waals surface area contributed by atoms with E-state index in [0.29, 0.717) is 0 Å². The summed E-state index contributed by atoms with van der Waals surface area (Å²) in [5.74, 6) is 0. The third kappa shape index (κ3) is 40.4. The summed E-state index contributed by atoms with van der Waals surface area (Å²) >= 11 is 0. The summed E-state index contributed by atoms with van der Waals surface area (Å²) in [6.07, 6.45) is 0. The summed E-state index contributed by atoms with van der Waals surface area (Å²) in [4.78, 5) is 0. The molecule has 0 spiro atoms. The Labute approximate surface area is 80.1 Å². The second-order valence-corrected chi connectivity index (χ2v) is 0. The minimum absolute atomic E-state index is 0. The van der Waals surface area contributed by atoms with Crippen LogP contribution < -0.4 is 59.1 Å². The number of rotatable bonds is 0.